The standard InChI is InChI=1S/C14H17N3.2ClH/c1-2-12-4-6-13(17-14(12)16-8-1)5-3-11-7-9-15-10-11;;/h1-2,4,6,8,11,15H,3,5,7,9-10H2;2*1H. The van der Waals surface area contributed by atoms with Crippen LogP contribution in [0.25, 0.3) is 11.0 Å². The molecule has 0 aliphatic carbocycles. The lowest BCUT2D eigenvalue weighted by Crippen LogP contribution is -2.09. The molecular weight excluding hydrogens is 281 g/mol. The van der Waals surface area contributed by atoms with Crippen LogP contribution in [0.3, 0.4) is 0 Å². The van der Waals surface area contributed by atoms with E-state index in [4.69, 9.17) is 0 Å². The largest absolute Gasteiger partial charge is 0.316 e. The number of rotatable bonds is 3. The average molecular weight is 300 g/mol. The predicted molar refractivity (Wildman–Crippen MR) is 83.3 cm³/mol. The minimum atomic E-state index is 0. The lowest BCUT2D eigenvalue weighted by molar-refractivity contribution is 0.529. The molecule has 1 fully saturated rings. The summed E-state index contributed by atoms with van der Waals surface area (Å²) < 4.78 is 0. The van der Waals surface area contributed by atoms with Crippen molar-refractivity contribution in [2.45, 2.75) is 19.3 Å². The first-order chi connectivity index (χ1) is 8.42. The molecule has 2 aromatic rings. The highest BCUT2D eigenvalue weighted by atomic mass is 35.5. The molecule has 0 radical (unpaired) electrons. The van der Waals surface area contributed by atoms with E-state index in [1.54, 1.807) is 6.20 Å². The van der Waals surface area contributed by atoms with Crippen molar-refractivity contribution in [1.82, 2.24) is 15.3 Å². The monoisotopic (exact) mass is 299 g/mol. The Morgan fingerprint density at radius 3 is 2.89 bits per heavy atom. The van der Waals surface area contributed by atoms with Crippen LogP contribution in [0.15, 0.2) is 30.5 Å². The predicted octanol–water partition coefficient (Wildman–Crippen LogP) is 3.02. The number of nitrogens with zero attached hydrogens (tertiary/aromatic N) is 2. The normalized spacial score (nSPS) is 17.8. The maximum absolute atomic E-state index is 4.60. The fourth-order valence-electron chi connectivity index (χ4n) is 2.44. The highest BCUT2D eigenvalue weighted by Crippen LogP contribution is 2.16. The van der Waals surface area contributed by atoms with Gasteiger partial charge < -0.3 is 5.32 Å². The van der Waals surface area contributed by atoms with Crippen LogP contribution >= 0.6 is 24.8 Å². The minimum Gasteiger partial charge on any atom is -0.316 e. The lowest BCUT2D eigenvalue weighted by Gasteiger charge is -2.07. The Labute approximate surface area is 126 Å². The molecule has 1 aliphatic heterocycles. The van der Waals surface area contributed by atoms with Gasteiger partial charge in [0.25, 0.3) is 0 Å². The summed E-state index contributed by atoms with van der Waals surface area (Å²) in [5.41, 5.74) is 2.04. The summed E-state index contributed by atoms with van der Waals surface area (Å²) in [5, 5.41) is 4.53. The van der Waals surface area contributed by atoms with Crippen molar-refractivity contribution in [3.05, 3.63) is 36.2 Å². The maximum atomic E-state index is 4.60. The van der Waals surface area contributed by atoms with E-state index in [0.717, 1.165) is 23.4 Å². The molecule has 0 aromatic carbocycles. The fraction of sp³-hybridized carbons (Fsp3) is 0.429. The highest BCUT2D eigenvalue weighted by Gasteiger charge is 2.14. The van der Waals surface area contributed by atoms with E-state index >= 15 is 0 Å². The van der Waals surface area contributed by atoms with Crippen LogP contribution < -0.4 is 5.32 Å². The van der Waals surface area contributed by atoms with Crippen molar-refractivity contribution in [1.29, 1.82) is 0 Å². The Morgan fingerprint density at radius 1 is 1.21 bits per heavy atom. The van der Waals surface area contributed by atoms with Crippen molar-refractivity contribution >= 4 is 35.8 Å². The van der Waals surface area contributed by atoms with Crippen molar-refractivity contribution in [3.8, 4) is 0 Å². The van der Waals surface area contributed by atoms with E-state index < -0.39 is 0 Å². The molecule has 0 amide bonds. The SMILES string of the molecule is Cl.Cl.c1cnc2nc(CCC3CCNC3)ccc2c1. The van der Waals surface area contributed by atoms with Crippen LogP contribution in [0.2, 0.25) is 0 Å². The van der Waals surface area contributed by atoms with Crippen LogP contribution in [-0.2, 0) is 6.42 Å². The number of halogens is 2. The summed E-state index contributed by atoms with van der Waals surface area (Å²) >= 11 is 0. The number of fused-ring (bicyclic) bond motifs is 1. The zero-order chi connectivity index (χ0) is 11.5. The number of hydrogen-bond acceptors (Lipinski definition) is 3. The van der Waals surface area contributed by atoms with Crippen LogP contribution in [0, 0.1) is 5.92 Å². The molecule has 0 saturated carbocycles. The van der Waals surface area contributed by atoms with Crippen molar-refractivity contribution in [3.63, 3.8) is 0 Å². The van der Waals surface area contributed by atoms with Crippen molar-refractivity contribution in [2.75, 3.05) is 13.1 Å². The summed E-state index contributed by atoms with van der Waals surface area (Å²) in [4.78, 5) is 8.90. The van der Waals surface area contributed by atoms with Gasteiger partial charge in [-0.2, -0.15) is 0 Å². The van der Waals surface area contributed by atoms with E-state index in [-0.39, 0.29) is 24.8 Å². The van der Waals surface area contributed by atoms with Crippen LogP contribution in [0.4, 0.5) is 0 Å². The first-order valence-corrected chi connectivity index (χ1v) is 6.33. The fourth-order valence-corrected chi connectivity index (χ4v) is 2.44. The molecule has 1 N–H and O–H groups in total. The summed E-state index contributed by atoms with van der Waals surface area (Å²) in [6.45, 7) is 2.35. The average Bonchev–Trinajstić information content (AvgIpc) is 2.89. The van der Waals surface area contributed by atoms with Crippen LogP contribution in [0.5, 0.6) is 0 Å². The molecule has 104 valence electrons. The molecule has 1 aliphatic rings. The van der Waals surface area contributed by atoms with Gasteiger partial charge in [0.05, 0.1) is 0 Å². The number of pyridine rings is 2. The van der Waals surface area contributed by atoms with Crippen LogP contribution in [0.1, 0.15) is 18.5 Å². The third-order valence-corrected chi connectivity index (χ3v) is 3.49. The Balaban J connectivity index is 0.000000902. The van der Waals surface area contributed by atoms with Gasteiger partial charge in [0.15, 0.2) is 5.65 Å². The smallest absolute Gasteiger partial charge is 0.159 e. The van der Waals surface area contributed by atoms with Gasteiger partial charge >= 0.3 is 0 Å². The van der Waals surface area contributed by atoms with E-state index in [1.165, 1.54) is 31.6 Å². The first kappa shape index (κ1) is 16.2. The minimum absolute atomic E-state index is 0. The van der Waals surface area contributed by atoms with E-state index in [2.05, 4.69) is 33.5 Å². The third-order valence-electron chi connectivity index (χ3n) is 3.49. The van der Waals surface area contributed by atoms with E-state index in [1.807, 2.05) is 6.07 Å². The number of aromatic nitrogens is 2. The molecule has 0 bridgehead atoms. The van der Waals surface area contributed by atoms with Gasteiger partial charge in [-0.05, 0) is 62.5 Å². The summed E-state index contributed by atoms with van der Waals surface area (Å²) in [7, 11) is 0. The molecule has 1 saturated heterocycles. The van der Waals surface area contributed by atoms with Gasteiger partial charge in [-0.15, -0.1) is 24.8 Å². The van der Waals surface area contributed by atoms with Crippen molar-refractivity contribution in [2.24, 2.45) is 5.92 Å². The molecule has 3 heterocycles. The number of aryl methyl sites for hydroxylation is 1. The second-order valence-corrected chi connectivity index (χ2v) is 4.75. The molecule has 1 atom stereocenters. The van der Waals surface area contributed by atoms with Gasteiger partial charge in [0.2, 0.25) is 0 Å². The van der Waals surface area contributed by atoms with Crippen LogP contribution in [-0.4, -0.2) is 23.1 Å². The van der Waals surface area contributed by atoms with E-state index in [9.17, 15) is 0 Å². The zero-order valence-electron chi connectivity index (χ0n) is 10.7. The molecule has 2 aromatic heterocycles. The van der Waals surface area contributed by atoms with Gasteiger partial charge in [0, 0.05) is 17.3 Å². The van der Waals surface area contributed by atoms with Gasteiger partial charge in [-0.1, -0.05) is 0 Å². The Morgan fingerprint density at radius 2 is 2.11 bits per heavy atom. The van der Waals surface area contributed by atoms with Crippen molar-refractivity contribution < 1.29 is 0 Å². The molecule has 3 rings (SSSR count). The highest BCUT2D eigenvalue weighted by molar-refractivity contribution is 5.85. The summed E-state index contributed by atoms with van der Waals surface area (Å²) in [6, 6.07) is 8.26. The first-order valence-electron chi connectivity index (χ1n) is 6.33. The molecular formula is C14H19Cl2N3. The molecule has 0 spiro atoms. The van der Waals surface area contributed by atoms with E-state index in [0.29, 0.717) is 0 Å². The Hall–Kier alpha value is -0.900. The van der Waals surface area contributed by atoms with Gasteiger partial charge in [-0.25, -0.2) is 9.97 Å². The van der Waals surface area contributed by atoms with Gasteiger partial charge in [0.1, 0.15) is 0 Å². The third kappa shape index (κ3) is 4.03. The van der Waals surface area contributed by atoms with Gasteiger partial charge in [-0.3, -0.25) is 0 Å². The summed E-state index contributed by atoms with van der Waals surface area (Å²) in [5.74, 6) is 0.830. The molecule has 5 heteroatoms. The topological polar surface area (TPSA) is 37.8 Å². The summed E-state index contributed by atoms with van der Waals surface area (Å²) in [6.07, 6.45) is 5.42. The molecule has 3 nitrogen and oxygen atoms in total. The number of hydrogen-bond donors (Lipinski definition) is 1. The maximum Gasteiger partial charge on any atom is 0.159 e. The molecule has 1 unspecified atom stereocenters. The second-order valence-electron chi connectivity index (χ2n) is 4.75. The second kappa shape index (κ2) is 7.63. The Kier molecular flexibility index (Phi) is 6.49. The quantitative estimate of drug-likeness (QED) is 0.947. The number of nitrogens with one attached hydrogen (secondary N) is 1. The lowest BCUT2D eigenvalue weighted by atomic mass is 10.0. The zero-order valence-corrected chi connectivity index (χ0v) is 12.3. The molecule has 19 heavy (non-hydrogen) atoms. The Bertz CT molecular complexity index is 513.